The zero-order valence-electron chi connectivity index (χ0n) is 12.5. The normalized spacial score (nSPS) is 10.7. The van der Waals surface area contributed by atoms with Gasteiger partial charge in [-0.2, -0.15) is 0 Å². The van der Waals surface area contributed by atoms with Gasteiger partial charge < -0.3 is 14.3 Å². The summed E-state index contributed by atoms with van der Waals surface area (Å²) in [5.74, 6) is 0.225. The number of benzene rings is 1. The first-order valence-corrected chi connectivity index (χ1v) is 7.55. The second kappa shape index (κ2) is 6.71. The quantitative estimate of drug-likeness (QED) is 0.771. The summed E-state index contributed by atoms with van der Waals surface area (Å²) in [4.78, 5) is 12.5. The molecule has 2 heterocycles. The Labute approximate surface area is 138 Å². The molecule has 0 aliphatic rings. The minimum Gasteiger partial charge on any atom is -0.472 e. The highest BCUT2D eigenvalue weighted by molar-refractivity contribution is 6.33. The van der Waals surface area contributed by atoms with Crippen molar-refractivity contribution in [1.29, 1.82) is 0 Å². The van der Waals surface area contributed by atoms with Crippen LogP contribution in [0.25, 0.3) is 11.3 Å². The largest absolute Gasteiger partial charge is 0.472 e. The van der Waals surface area contributed by atoms with E-state index in [9.17, 15) is 4.79 Å². The number of carbonyl (C=O) groups is 1. The van der Waals surface area contributed by atoms with Crippen molar-refractivity contribution >= 4 is 17.5 Å². The smallest absolute Gasteiger partial charge is 0.257 e. The van der Waals surface area contributed by atoms with Crippen molar-refractivity contribution < 1.29 is 13.7 Å². The van der Waals surface area contributed by atoms with Gasteiger partial charge in [-0.15, -0.1) is 0 Å². The molecule has 0 spiro atoms. The van der Waals surface area contributed by atoms with Gasteiger partial charge in [0, 0.05) is 12.1 Å². The van der Waals surface area contributed by atoms with Crippen LogP contribution in [0, 0.1) is 6.92 Å². The molecule has 5 nitrogen and oxygen atoms in total. The molecule has 23 heavy (non-hydrogen) atoms. The third-order valence-corrected chi connectivity index (χ3v) is 3.83. The van der Waals surface area contributed by atoms with E-state index in [1.54, 1.807) is 25.5 Å². The number of nitrogens with zero attached hydrogens (tertiary/aromatic N) is 1. The van der Waals surface area contributed by atoms with E-state index in [1.807, 2.05) is 24.3 Å². The van der Waals surface area contributed by atoms with Crippen LogP contribution in [0.1, 0.15) is 21.7 Å². The van der Waals surface area contributed by atoms with Crippen LogP contribution in [-0.2, 0) is 6.42 Å². The number of halogens is 1. The fourth-order valence-corrected chi connectivity index (χ4v) is 2.55. The Morgan fingerprint density at radius 1 is 1.30 bits per heavy atom. The van der Waals surface area contributed by atoms with Crippen LogP contribution in [0.3, 0.4) is 0 Å². The summed E-state index contributed by atoms with van der Waals surface area (Å²) in [6.45, 7) is 2.20. The topological polar surface area (TPSA) is 68.3 Å². The molecule has 0 saturated heterocycles. The molecule has 0 bridgehead atoms. The van der Waals surface area contributed by atoms with Crippen molar-refractivity contribution in [2.75, 3.05) is 6.54 Å². The number of furan rings is 1. The van der Waals surface area contributed by atoms with E-state index in [-0.39, 0.29) is 5.91 Å². The highest BCUT2D eigenvalue weighted by Gasteiger charge is 2.22. The SMILES string of the molecule is Cc1onc(-c2ccccc2Cl)c1C(=O)NCCc1ccoc1. The van der Waals surface area contributed by atoms with Gasteiger partial charge in [0.05, 0.1) is 17.5 Å². The van der Waals surface area contributed by atoms with Crippen LogP contribution >= 0.6 is 11.6 Å². The number of aryl methyl sites for hydroxylation is 1. The van der Waals surface area contributed by atoms with Crippen LogP contribution < -0.4 is 5.32 Å². The van der Waals surface area contributed by atoms with E-state index >= 15 is 0 Å². The maximum absolute atomic E-state index is 12.5. The summed E-state index contributed by atoms with van der Waals surface area (Å²) in [7, 11) is 0. The van der Waals surface area contributed by atoms with Crippen molar-refractivity contribution in [2.24, 2.45) is 0 Å². The number of carbonyl (C=O) groups excluding carboxylic acids is 1. The molecule has 1 aromatic carbocycles. The molecule has 0 atom stereocenters. The van der Waals surface area contributed by atoms with Crippen LogP contribution in [-0.4, -0.2) is 17.6 Å². The predicted octanol–water partition coefficient (Wildman–Crippen LogP) is 3.87. The summed E-state index contributed by atoms with van der Waals surface area (Å²) < 4.78 is 10.2. The van der Waals surface area contributed by atoms with Gasteiger partial charge in [-0.3, -0.25) is 4.79 Å². The van der Waals surface area contributed by atoms with Gasteiger partial charge in [-0.1, -0.05) is 35.0 Å². The lowest BCUT2D eigenvalue weighted by molar-refractivity contribution is 0.0953. The number of hydrogen-bond donors (Lipinski definition) is 1. The maximum Gasteiger partial charge on any atom is 0.257 e. The number of hydrogen-bond acceptors (Lipinski definition) is 4. The minimum absolute atomic E-state index is 0.234. The van der Waals surface area contributed by atoms with Crippen LogP contribution in [0.5, 0.6) is 0 Å². The van der Waals surface area contributed by atoms with Crippen LogP contribution in [0.4, 0.5) is 0 Å². The molecule has 0 radical (unpaired) electrons. The summed E-state index contributed by atoms with van der Waals surface area (Å²) in [5, 5.41) is 7.38. The molecule has 0 fully saturated rings. The van der Waals surface area contributed by atoms with Crippen molar-refractivity contribution in [3.05, 3.63) is 64.8 Å². The minimum atomic E-state index is -0.234. The third-order valence-electron chi connectivity index (χ3n) is 3.50. The lowest BCUT2D eigenvalue weighted by Gasteiger charge is -2.06. The zero-order chi connectivity index (χ0) is 16.2. The van der Waals surface area contributed by atoms with E-state index in [0.29, 0.717) is 40.6 Å². The molecular formula is C17H15ClN2O3. The fraction of sp³-hybridized carbons (Fsp3) is 0.176. The summed E-state index contributed by atoms with van der Waals surface area (Å²) in [5.41, 5.74) is 2.56. The molecule has 1 N–H and O–H groups in total. The van der Waals surface area contributed by atoms with Crippen molar-refractivity contribution in [3.8, 4) is 11.3 Å². The van der Waals surface area contributed by atoms with E-state index in [1.165, 1.54) is 0 Å². The highest BCUT2D eigenvalue weighted by Crippen LogP contribution is 2.30. The first-order valence-electron chi connectivity index (χ1n) is 7.17. The maximum atomic E-state index is 12.5. The molecular weight excluding hydrogens is 316 g/mol. The second-order valence-electron chi connectivity index (χ2n) is 5.08. The molecule has 1 amide bonds. The lowest BCUT2D eigenvalue weighted by atomic mass is 10.1. The van der Waals surface area contributed by atoms with Gasteiger partial charge in [-0.25, -0.2) is 0 Å². The van der Waals surface area contributed by atoms with Crippen LogP contribution in [0.15, 0.2) is 51.8 Å². The zero-order valence-corrected chi connectivity index (χ0v) is 13.3. The highest BCUT2D eigenvalue weighted by atomic mass is 35.5. The van der Waals surface area contributed by atoms with Gasteiger partial charge in [0.25, 0.3) is 5.91 Å². The van der Waals surface area contributed by atoms with Gasteiger partial charge in [0.2, 0.25) is 0 Å². The standard InChI is InChI=1S/C17H15ClN2O3/c1-11-15(17(21)19-8-6-12-7-9-22-10-12)16(20-23-11)13-4-2-3-5-14(13)18/h2-5,7,9-10H,6,8H2,1H3,(H,19,21). The molecule has 3 aromatic rings. The molecule has 6 heteroatoms. The molecule has 3 rings (SSSR count). The molecule has 118 valence electrons. The number of rotatable bonds is 5. The van der Waals surface area contributed by atoms with Gasteiger partial charge in [-0.05, 0) is 31.0 Å². The van der Waals surface area contributed by atoms with Gasteiger partial charge >= 0.3 is 0 Å². The predicted molar refractivity (Wildman–Crippen MR) is 86.4 cm³/mol. The summed E-state index contributed by atoms with van der Waals surface area (Å²) >= 11 is 6.19. The van der Waals surface area contributed by atoms with Gasteiger partial charge in [0.15, 0.2) is 0 Å². The van der Waals surface area contributed by atoms with Crippen molar-refractivity contribution in [3.63, 3.8) is 0 Å². The van der Waals surface area contributed by atoms with E-state index < -0.39 is 0 Å². The average Bonchev–Trinajstić information content (AvgIpc) is 3.17. The number of aromatic nitrogens is 1. The average molecular weight is 331 g/mol. The van der Waals surface area contributed by atoms with E-state index in [2.05, 4.69) is 10.5 Å². The third kappa shape index (κ3) is 3.29. The summed E-state index contributed by atoms with van der Waals surface area (Å²) in [6.07, 6.45) is 3.96. The Balaban J connectivity index is 1.78. The van der Waals surface area contributed by atoms with Gasteiger partial charge in [0.1, 0.15) is 17.0 Å². The van der Waals surface area contributed by atoms with Crippen molar-refractivity contribution in [2.45, 2.75) is 13.3 Å². The molecule has 0 aliphatic heterocycles. The fourth-order valence-electron chi connectivity index (χ4n) is 2.32. The number of amides is 1. The summed E-state index contributed by atoms with van der Waals surface area (Å²) in [6, 6.07) is 9.09. The van der Waals surface area contributed by atoms with E-state index in [0.717, 1.165) is 5.56 Å². The molecule has 0 saturated carbocycles. The lowest BCUT2D eigenvalue weighted by Crippen LogP contribution is -2.26. The molecule has 2 aromatic heterocycles. The number of nitrogens with one attached hydrogen (secondary N) is 1. The second-order valence-corrected chi connectivity index (χ2v) is 5.49. The van der Waals surface area contributed by atoms with E-state index in [4.69, 9.17) is 20.5 Å². The monoisotopic (exact) mass is 330 g/mol. The first kappa shape index (κ1) is 15.4. The Kier molecular flexibility index (Phi) is 4.48. The Bertz CT molecular complexity index is 809. The Morgan fingerprint density at radius 2 is 2.13 bits per heavy atom. The first-order chi connectivity index (χ1) is 11.2. The van der Waals surface area contributed by atoms with Crippen LogP contribution in [0.2, 0.25) is 5.02 Å². The Hall–Kier alpha value is -2.53. The molecule has 0 aliphatic carbocycles. The Morgan fingerprint density at radius 3 is 2.87 bits per heavy atom. The van der Waals surface area contributed by atoms with Crippen molar-refractivity contribution in [1.82, 2.24) is 10.5 Å². The molecule has 0 unspecified atom stereocenters.